The van der Waals surface area contributed by atoms with E-state index in [9.17, 15) is 4.79 Å². The molecule has 25 heavy (non-hydrogen) atoms. The molecule has 2 rings (SSSR count). The minimum absolute atomic E-state index is 0. The number of carbonyl (C=O) groups excluding carboxylic acids is 1. The van der Waals surface area contributed by atoms with E-state index in [1.807, 2.05) is 55.8 Å². The molecule has 1 aromatic heterocycles. The second-order valence-corrected chi connectivity index (χ2v) is 7.50. The van der Waals surface area contributed by atoms with Crippen molar-refractivity contribution in [1.82, 2.24) is 9.78 Å². The minimum atomic E-state index is -0.275. The molecule has 0 radical (unpaired) electrons. The summed E-state index contributed by atoms with van der Waals surface area (Å²) in [5.41, 5.74) is 8.72. The number of nitrogens with two attached hydrogens (primary N) is 1. The van der Waals surface area contributed by atoms with E-state index in [4.69, 9.17) is 10.8 Å². The van der Waals surface area contributed by atoms with Gasteiger partial charge in [0, 0.05) is 17.5 Å². The van der Waals surface area contributed by atoms with Gasteiger partial charge in [-0.05, 0) is 25.5 Å². The maximum atomic E-state index is 12.4. The second-order valence-electron chi connectivity index (χ2n) is 7.50. The van der Waals surface area contributed by atoms with Crippen LogP contribution in [0.3, 0.4) is 0 Å². The number of carbonyl (C=O) groups is 1. The number of hydrogen-bond donors (Lipinski definition) is 2. The molecule has 5 nitrogen and oxygen atoms in total. The lowest BCUT2D eigenvalue weighted by Gasteiger charge is -2.16. The Morgan fingerprint density at radius 3 is 2.36 bits per heavy atom. The van der Waals surface area contributed by atoms with Crippen LogP contribution >= 0.6 is 12.4 Å². The van der Waals surface area contributed by atoms with E-state index in [-0.39, 0.29) is 35.7 Å². The predicted octanol–water partition coefficient (Wildman–Crippen LogP) is 3.82. The van der Waals surface area contributed by atoms with Crippen molar-refractivity contribution in [3.05, 3.63) is 41.6 Å². The molecule has 0 bridgehead atoms. The number of amides is 1. The van der Waals surface area contributed by atoms with E-state index in [0.717, 1.165) is 16.9 Å². The van der Waals surface area contributed by atoms with Gasteiger partial charge in [0.1, 0.15) is 5.82 Å². The Labute approximate surface area is 156 Å². The molecule has 0 aliphatic heterocycles. The van der Waals surface area contributed by atoms with Crippen LogP contribution in [0.1, 0.15) is 45.9 Å². The molecule has 0 spiro atoms. The van der Waals surface area contributed by atoms with Gasteiger partial charge in [-0.15, -0.1) is 12.4 Å². The zero-order chi connectivity index (χ0) is 18.1. The van der Waals surface area contributed by atoms with E-state index in [1.54, 1.807) is 0 Å². The minimum Gasteiger partial charge on any atom is -0.327 e. The van der Waals surface area contributed by atoms with E-state index in [2.05, 4.69) is 26.1 Å². The summed E-state index contributed by atoms with van der Waals surface area (Å²) in [5.74, 6) is 0.301. The van der Waals surface area contributed by atoms with Gasteiger partial charge in [0.25, 0.3) is 0 Å². The van der Waals surface area contributed by atoms with Crippen LogP contribution in [0, 0.1) is 12.8 Å². The maximum Gasteiger partial charge on any atom is 0.229 e. The molecule has 3 N–H and O–H groups in total. The molecule has 138 valence electrons. The second kappa shape index (κ2) is 8.02. The number of aryl methyl sites for hydroxylation is 1. The third-order valence-electron chi connectivity index (χ3n) is 4.27. The van der Waals surface area contributed by atoms with Gasteiger partial charge < -0.3 is 11.1 Å². The van der Waals surface area contributed by atoms with Crippen molar-refractivity contribution >= 4 is 24.1 Å². The number of nitrogens with zero attached hydrogens (tertiary/aromatic N) is 2. The Kier molecular flexibility index (Phi) is 6.80. The highest BCUT2D eigenvalue weighted by molar-refractivity contribution is 5.92. The summed E-state index contributed by atoms with van der Waals surface area (Å²) in [7, 11) is 0. The van der Waals surface area contributed by atoms with Gasteiger partial charge in [-0.2, -0.15) is 5.10 Å². The van der Waals surface area contributed by atoms with Gasteiger partial charge in [0.15, 0.2) is 0 Å². The quantitative estimate of drug-likeness (QED) is 0.866. The first kappa shape index (κ1) is 21.2. The molecule has 0 saturated heterocycles. The molecule has 1 aromatic carbocycles. The Bertz CT molecular complexity index is 731. The smallest absolute Gasteiger partial charge is 0.229 e. The number of para-hydroxylation sites is 1. The highest BCUT2D eigenvalue weighted by Gasteiger charge is 2.24. The first-order valence-corrected chi connectivity index (χ1v) is 8.34. The van der Waals surface area contributed by atoms with Gasteiger partial charge in [0.2, 0.25) is 5.91 Å². The maximum absolute atomic E-state index is 12.4. The fourth-order valence-corrected chi connectivity index (χ4v) is 2.30. The molecular weight excluding hydrogens is 336 g/mol. The lowest BCUT2D eigenvalue weighted by atomic mass is 9.92. The summed E-state index contributed by atoms with van der Waals surface area (Å²) in [6, 6.07) is 9.73. The zero-order valence-corrected chi connectivity index (χ0v) is 16.6. The predicted molar refractivity (Wildman–Crippen MR) is 106 cm³/mol. The number of aromatic nitrogens is 2. The summed E-state index contributed by atoms with van der Waals surface area (Å²) in [5, 5.41) is 7.73. The number of anilines is 1. The molecule has 0 fully saturated rings. The largest absolute Gasteiger partial charge is 0.327 e. The van der Waals surface area contributed by atoms with Crippen LogP contribution in [0.2, 0.25) is 0 Å². The Morgan fingerprint density at radius 1 is 1.24 bits per heavy atom. The summed E-state index contributed by atoms with van der Waals surface area (Å²) >= 11 is 0. The SMILES string of the molecule is Cc1ccccc1-n1nc(C(C)(C)C)cc1NC(=O)C(C)C(C)N.Cl. The average molecular weight is 365 g/mol. The van der Waals surface area contributed by atoms with E-state index in [0.29, 0.717) is 5.82 Å². The number of benzene rings is 1. The van der Waals surface area contributed by atoms with Crippen LogP contribution in [-0.2, 0) is 10.2 Å². The van der Waals surface area contributed by atoms with Crippen molar-refractivity contribution in [1.29, 1.82) is 0 Å². The summed E-state index contributed by atoms with van der Waals surface area (Å²) < 4.78 is 1.81. The molecule has 2 aromatic rings. The molecule has 2 atom stereocenters. The first-order valence-electron chi connectivity index (χ1n) is 8.34. The van der Waals surface area contributed by atoms with Gasteiger partial charge in [-0.25, -0.2) is 4.68 Å². The lowest BCUT2D eigenvalue weighted by Crippen LogP contribution is -2.34. The molecule has 6 heteroatoms. The summed E-state index contributed by atoms with van der Waals surface area (Å²) in [4.78, 5) is 12.4. The van der Waals surface area contributed by atoms with Gasteiger partial charge in [0.05, 0.1) is 17.3 Å². The first-order chi connectivity index (χ1) is 11.1. The van der Waals surface area contributed by atoms with Crippen molar-refractivity contribution in [2.75, 3.05) is 5.32 Å². The van der Waals surface area contributed by atoms with E-state index >= 15 is 0 Å². The number of hydrogen-bond acceptors (Lipinski definition) is 3. The highest BCUT2D eigenvalue weighted by Crippen LogP contribution is 2.27. The van der Waals surface area contributed by atoms with Crippen molar-refractivity contribution in [2.45, 2.75) is 53.0 Å². The normalized spacial score (nSPS) is 13.7. The molecular formula is C19H29ClN4O. The van der Waals surface area contributed by atoms with Crippen LogP contribution in [0.25, 0.3) is 5.69 Å². The van der Waals surface area contributed by atoms with Crippen molar-refractivity contribution in [2.24, 2.45) is 11.7 Å². The molecule has 0 aliphatic rings. The summed E-state index contributed by atoms with van der Waals surface area (Å²) in [6.07, 6.45) is 0. The van der Waals surface area contributed by atoms with Gasteiger partial charge in [-0.3, -0.25) is 4.79 Å². The van der Waals surface area contributed by atoms with Crippen LogP contribution in [0.4, 0.5) is 5.82 Å². The monoisotopic (exact) mass is 364 g/mol. The number of nitrogens with one attached hydrogen (secondary N) is 1. The molecule has 0 aliphatic carbocycles. The Morgan fingerprint density at radius 2 is 1.84 bits per heavy atom. The third-order valence-corrected chi connectivity index (χ3v) is 4.27. The van der Waals surface area contributed by atoms with E-state index in [1.165, 1.54) is 0 Å². The van der Waals surface area contributed by atoms with Gasteiger partial charge >= 0.3 is 0 Å². The Hall–Kier alpha value is -1.85. The molecule has 1 heterocycles. The van der Waals surface area contributed by atoms with Crippen LogP contribution in [-0.4, -0.2) is 21.7 Å². The van der Waals surface area contributed by atoms with Crippen LogP contribution < -0.4 is 11.1 Å². The fraction of sp³-hybridized carbons (Fsp3) is 0.474. The third kappa shape index (κ3) is 4.83. The molecule has 2 unspecified atom stereocenters. The van der Waals surface area contributed by atoms with Crippen molar-refractivity contribution < 1.29 is 4.79 Å². The highest BCUT2D eigenvalue weighted by atomic mass is 35.5. The number of halogens is 1. The van der Waals surface area contributed by atoms with Crippen molar-refractivity contribution in [3.8, 4) is 5.69 Å². The standard InChI is InChI=1S/C19H28N4O.ClH/c1-12-9-7-8-10-15(12)23-17(11-16(22-23)19(4,5)6)21-18(24)13(2)14(3)20;/h7-11,13-14H,20H2,1-6H3,(H,21,24);1H. The Balaban J connectivity index is 0.00000312. The zero-order valence-electron chi connectivity index (χ0n) is 15.8. The fourth-order valence-electron chi connectivity index (χ4n) is 2.30. The van der Waals surface area contributed by atoms with Crippen molar-refractivity contribution in [3.63, 3.8) is 0 Å². The van der Waals surface area contributed by atoms with E-state index < -0.39 is 0 Å². The number of rotatable bonds is 4. The summed E-state index contributed by atoms with van der Waals surface area (Å²) in [6.45, 7) is 12.0. The molecule has 1 amide bonds. The lowest BCUT2D eigenvalue weighted by molar-refractivity contribution is -0.119. The van der Waals surface area contributed by atoms with Crippen LogP contribution in [0.15, 0.2) is 30.3 Å². The topological polar surface area (TPSA) is 72.9 Å². The molecule has 0 saturated carbocycles. The van der Waals surface area contributed by atoms with Crippen LogP contribution in [0.5, 0.6) is 0 Å². The van der Waals surface area contributed by atoms with Gasteiger partial charge in [-0.1, -0.05) is 45.9 Å². The average Bonchev–Trinajstić information content (AvgIpc) is 2.90.